The molecule has 1 aromatic rings. The predicted octanol–water partition coefficient (Wildman–Crippen LogP) is 2.45. The van der Waals surface area contributed by atoms with Crippen molar-refractivity contribution >= 4 is 15.9 Å². The van der Waals surface area contributed by atoms with Crippen molar-refractivity contribution in [2.75, 3.05) is 13.2 Å². The van der Waals surface area contributed by atoms with Crippen LogP contribution in [-0.2, 0) is 6.54 Å². The summed E-state index contributed by atoms with van der Waals surface area (Å²) in [7, 11) is 0. The van der Waals surface area contributed by atoms with Crippen LogP contribution in [0.2, 0.25) is 0 Å². The van der Waals surface area contributed by atoms with Gasteiger partial charge >= 0.3 is 0 Å². The standard InChI is InChI=1S/C12H15BrFNO/c13-10-2-1-9(11(14)5-10)6-15-7-12(8-16)3-4-12/h1-2,5,15-16H,3-4,6-8H2. The highest BCUT2D eigenvalue weighted by molar-refractivity contribution is 9.10. The molecule has 0 bridgehead atoms. The molecular weight excluding hydrogens is 273 g/mol. The Balaban J connectivity index is 1.85. The quantitative estimate of drug-likeness (QED) is 0.872. The van der Waals surface area contributed by atoms with Gasteiger partial charge in [0.05, 0.1) is 0 Å². The van der Waals surface area contributed by atoms with E-state index >= 15 is 0 Å². The van der Waals surface area contributed by atoms with Gasteiger partial charge in [-0.2, -0.15) is 0 Å². The first-order chi connectivity index (χ1) is 7.65. The zero-order valence-electron chi connectivity index (χ0n) is 8.97. The van der Waals surface area contributed by atoms with Crippen LogP contribution in [0.5, 0.6) is 0 Å². The summed E-state index contributed by atoms with van der Waals surface area (Å²) < 4.78 is 14.2. The average molecular weight is 288 g/mol. The van der Waals surface area contributed by atoms with Gasteiger partial charge in [-0.05, 0) is 25.0 Å². The number of benzene rings is 1. The number of aliphatic hydroxyl groups excluding tert-OH is 1. The minimum absolute atomic E-state index is 0.0752. The zero-order valence-corrected chi connectivity index (χ0v) is 10.6. The van der Waals surface area contributed by atoms with Crippen LogP contribution in [0.25, 0.3) is 0 Å². The molecule has 0 aliphatic heterocycles. The highest BCUT2D eigenvalue weighted by Gasteiger charge is 2.41. The van der Waals surface area contributed by atoms with Crippen molar-refractivity contribution in [1.29, 1.82) is 0 Å². The summed E-state index contributed by atoms with van der Waals surface area (Å²) in [4.78, 5) is 0. The summed E-state index contributed by atoms with van der Waals surface area (Å²) in [6, 6.07) is 5.07. The largest absolute Gasteiger partial charge is 0.396 e. The van der Waals surface area contributed by atoms with Crippen LogP contribution in [0.3, 0.4) is 0 Å². The van der Waals surface area contributed by atoms with Crippen LogP contribution < -0.4 is 5.32 Å². The minimum atomic E-state index is -0.198. The normalized spacial score (nSPS) is 17.4. The van der Waals surface area contributed by atoms with Crippen LogP contribution in [-0.4, -0.2) is 18.3 Å². The fraction of sp³-hybridized carbons (Fsp3) is 0.500. The second kappa shape index (κ2) is 4.82. The lowest BCUT2D eigenvalue weighted by Gasteiger charge is -2.13. The summed E-state index contributed by atoms with van der Waals surface area (Å²) in [5.74, 6) is -0.198. The molecular formula is C12H15BrFNO. The third kappa shape index (κ3) is 2.81. The fourth-order valence-electron chi connectivity index (χ4n) is 1.69. The smallest absolute Gasteiger partial charge is 0.128 e. The number of rotatable bonds is 5. The van der Waals surface area contributed by atoms with Gasteiger partial charge in [0.25, 0.3) is 0 Å². The number of halogens is 2. The first-order valence-corrected chi connectivity index (χ1v) is 6.20. The Labute approximate surface area is 103 Å². The number of hydrogen-bond donors (Lipinski definition) is 2. The van der Waals surface area contributed by atoms with E-state index in [1.807, 2.05) is 6.07 Å². The number of nitrogens with one attached hydrogen (secondary N) is 1. The first-order valence-electron chi connectivity index (χ1n) is 5.41. The Bertz CT molecular complexity index is 379. The molecule has 2 N–H and O–H groups in total. The van der Waals surface area contributed by atoms with Gasteiger partial charge in [-0.15, -0.1) is 0 Å². The molecule has 1 fully saturated rings. The second-order valence-corrected chi connectivity index (χ2v) is 5.41. The van der Waals surface area contributed by atoms with E-state index in [1.54, 1.807) is 6.07 Å². The van der Waals surface area contributed by atoms with Crippen LogP contribution >= 0.6 is 15.9 Å². The monoisotopic (exact) mass is 287 g/mol. The van der Waals surface area contributed by atoms with Crippen LogP contribution in [0.15, 0.2) is 22.7 Å². The molecule has 0 saturated heterocycles. The van der Waals surface area contributed by atoms with Gasteiger partial charge in [-0.3, -0.25) is 0 Å². The molecule has 0 radical (unpaired) electrons. The van der Waals surface area contributed by atoms with E-state index in [-0.39, 0.29) is 17.8 Å². The molecule has 2 rings (SSSR count). The van der Waals surface area contributed by atoms with Crippen LogP contribution in [0.1, 0.15) is 18.4 Å². The average Bonchev–Trinajstić information content (AvgIpc) is 3.02. The number of hydrogen-bond acceptors (Lipinski definition) is 2. The van der Waals surface area contributed by atoms with E-state index in [4.69, 9.17) is 5.11 Å². The Morgan fingerprint density at radius 3 is 2.75 bits per heavy atom. The van der Waals surface area contributed by atoms with E-state index in [9.17, 15) is 4.39 Å². The molecule has 16 heavy (non-hydrogen) atoms. The topological polar surface area (TPSA) is 32.3 Å². The molecule has 1 aliphatic carbocycles. The molecule has 88 valence electrons. The van der Waals surface area contributed by atoms with Crippen molar-refractivity contribution in [3.8, 4) is 0 Å². The maximum absolute atomic E-state index is 13.4. The van der Waals surface area contributed by atoms with Crippen LogP contribution in [0, 0.1) is 11.2 Å². The Kier molecular flexibility index (Phi) is 3.62. The van der Waals surface area contributed by atoms with Crippen molar-refractivity contribution in [2.24, 2.45) is 5.41 Å². The molecule has 0 spiro atoms. The molecule has 2 nitrogen and oxygen atoms in total. The lowest BCUT2D eigenvalue weighted by molar-refractivity contribution is 0.207. The minimum Gasteiger partial charge on any atom is -0.396 e. The van der Waals surface area contributed by atoms with Gasteiger partial charge in [0, 0.05) is 35.1 Å². The molecule has 0 amide bonds. The molecule has 0 unspecified atom stereocenters. The molecule has 0 aromatic heterocycles. The number of aliphatic hydroxyl groups is 1. The summed E-state index contributed by atoms with van der Waals surface area (Å²) in [6.07, 6.45) is 2.14. The van der Waals surface area contributed by atoms with E-state index in [0.29, 0.717) is 12.1 Å². The maximum atomic E-state index is 13.4. The molecule has 0 heterocycles. The van der Waals surface area contributed by atoms with E-state index in [0.717, 1.165) is 23.9 Å². The van der Waals surface area contributed by atoms with Gasteiger partial charge < -0.3 is 10.4 Å². The van der Waals surface area contributed by atoms with E-state index in [2.05, 4.69) is 21.2 Å². The molecule has 1 aromatic carbocycles. The summed E-state index contributed by atoms with van der Waals surface area (Å²) in [5.41, 5.74) is 0.739. The van der Waals surface area contributed by atoms with Crippen molar-refractivity contribution in [2.45, 2.75) is 19.4 Å². The van der Waals surface area contributed by atoms with E-state index in [1.165, 1.54) is 6.07 Å². The first kappa shape index (κ1) is 12.0. The zero-order chi connectivity index (χ0) is 11.6. The predicted molar refractivity (Wildman–Crippen MR) is 64.6 cm³/mol. The third-order valence-electron chi connectivity index (χ3n) is 3.12. The highest BCUT2D eigenvalue weighted by Crippen LogP contribution is 2.44. The van der Waals surface area contributed by atoms with Crippen molar-refractivity contribution in [3.63, 3.8) is 0 Å². The van der Waals surface area contributed by atoms with Gasteiger partial charge in [0.1, 0.15) is 5.82 Å². The van der Waals surface area contributed by atoms with Gasteiger partial charge in [-0.25, -0.2) is 4.39 Å². The van der Waals surface area contributed by atoms with Gasteiger partial charge in [0.2, 0.25) is 0 Å². The van der Waals surface area contributed by atoms with Crippen molar-refractivity contribution in [3.05, 3.63) is 34.1 Å². The Hall–Kier alpha value is -0.450. The lowest BCUT2D eigenvalue weighted by Crippen LogP contribution is -2.26. The maximum Gasteiger partial charge on any atom is 0.128 e. The molecule has 1 saturated carbocycles. The Morgan fingerprint density at radius 1 is 1.44 bits per heavy atom. The van der Waals surface area contributed by atoms with Gasteiger partial charge in [0.15, 0.2) is 0 Å². The van der Waals surface area contributed by atoms with E-state index < -0.39 is 0 Å². The second-order valence-electron chi connectivity index (χ2n) is 4.50. The molecule has 0 atom stereocenters. The lowest BCUT2D eigenvalue weighted by atomic mass is 10.1. The molecule has 4 heteroatoms. The fourth-order valence-corrected chi connectivity index (χ4v) is 2.03. The molecule has 1 aliphatic rings. The van der Waals surface area contributed by atoms with Crippen LogP contribution in [0.4, 0.5) is 4.39 Å². The SMILES string of the molecule is OCC1(CNCc2ccc(Br)cc2F)CC1. The summed E-state index contributed by atoms with van der Waals surface area (Å²) in [5, 5.41) is 12.3. The third-order valence-corrected chi connectivity index (χ3v) is 3.62. The summed E-state index contributed by atoms with van der Waals surface area (Å²) in [6.45, 7) is 1.50. The highest BCUT2D eigenvalue weighted by atomic mass is 79.9. The summed E-state index contributed by atoms with van der Waals surface area (Å²) >= 11 is 3.22. The van der Waals surface area contributed by atoms with Gasteiger partial charge in [-0.1, -0.05) is 22.0 Å². The van der Waals surface area contributed by atoms with Crippen molar-refractivity contribution in [1.82, 2.24) is 5.32 Å². The van der Waals surface area contributed by atoms with Crippen molar-refractivity contribution < 1.29 is 9.50 Å². The Morgan fingerprint density at radius 2 is 2.19 bits per heavy atom.